The summed E-state index contributed by atoms with van der Waals surface area (Å²) in [4.78, 5) is 0. The molecule has 0 saturated carbocycles. The molecule has 0 aliphatic heterocycles. The monoisotopic (exact) mass is 338 g/mol. The highest BCUT2D eigenvalue weighted by Crippen LogP contribution is 2.35. The molecule has 2 rings (SSSR count). The second-order valence-electron chi connectivity index (χ2n) is 7.32. The number of rotatable bonds is 5. The van der Waals surface area contributed by atoms with Crippen LogP contribution in [0.2, 0.25) is 19.6 Å². The van der Waals surface area contributed by atoms with Crippen molar-refractivity contribution in [2.24, 2.45) is 5.92 Å². The zero-order chi connectivity index (χ0) is 17.6. The van der Waals surface area contributed by atoms with E-state index in [-0.39, 0.29) is 0 Å². The van der Waals surface area contributed by atoms with Gasteiger partial charge in [-0.2, -0.15) is 0 Å². The molecule has 0 bridgehead atoms. The van der Waals surface area contributed by atoms with Gasteiger partial charge in [-0.1, -0.05) is 49.5 Å². The van der Waals surface area contributed by atoms with E-state index in [2.05, 4.69) is 63.5 Å². The summed E-state index contributed by atoms with van der Waals surface area (Å²) in [5, 5.41) is 0. The van der Waals surface area contributed by atoms with Crippen molar-refractivity contribution in [1.29, 1.82) is 0 Å². The smallest absolute Gasteiger partial charge is 0.241 e. The molecule has 1 unspecified atom stereocenters. The molecular weight excluding hydrogens is 308 g/mol. The molecular formula is C22H30OSi. The van der Waals surface area contributed by atoms with E-state index in [0.717, 1.165) is 24.8 Å². The second kappa shape index (κ2) is 8.40. The quantitative estimate of drug-likeness (QED) is 0.452. The summed E-state index contributed by atoms with van der Waals surface area (Å²) in [5.41, 5.74) is 3.88. The predicted octanol–water partition coefficient (Wildman–Crippen LogP) is 6.30. The van der Waals surface area contributed by atoms with Crippen molar-refractivity contribution in [1.82, 2.24) is 0 Å². The van der Waals surface area contributed by atoms with Gasteiger partial charge >= 0.3 is 0 Å². The first-order chi connectivity index (χ1) is 11.4. The summed E-state index contributed by atoms with van der Waals surface area (Å²) < 4.78 is 6.21. The van der Waals surface area contributed by atoms with Gasteiger partial charge in [-0.25, -0.2) is 0 Å². The van der Waals surface area contributed by atoms with Crippen molar-refractivity contribution in [2.75, 3.05) is 0 Å². The van der Waals surface area contributed by atoms with Crippen LogP contribution in [0.4, 0.5) is 0 Å². The van der Waals surface area contributed by atoms with Crippen LogP contribution in [0.25, 0.3) is 0 Å². The third-order valence-corrected chi connectivity index (χ3v) is 5.10. The summed E-state index contributed by atoms with van der Waals surface area (Å²) in [7, 11) is -1.50. The van der Waals surface area contributed by atoms with Crippen LogP contribution in [0.15, 0.2) is 53.3 Å². The van der Waals surface area contributed by atoms with Gasteiger partial charge in [-0.15, -0.1) is 0 Å². The van der Waals surface area contributed by atoms with E-state index in [1.807, 2.05) is 18.2 Å². The molecule has 0 radical (unpaired) electrons. The van der Waals surface area contributed by atoms with Crippen molar-refractivity contribution in [3.05, 3.63) is 58.9 Å². The lowest BCUT2D eigenvalue weighted by atomic mass is 9.90. The number of benzene rings is 1. The highest BCUT2D eigenvalue weighted by Gasteiger charge is 2.25. The van der Waals surface area contributed by atoms with Gasteiger partial charge in [-0.05, 0) is 57.1 Å². The molecule has 0 aromatic heterocycles. The SMILES string of the molecule is CC/C(C#Cc1ccccc1)=C(\CC)C1C=C(O[Si](C)(C)C)CC1. The highest BCUT2D eigenvalue weighted by molar-refractivity contribution is 6.70. The van der Waals surface area contributed by atoms with Crippen LogP contribution in [0.3, 0.4) is 0 Å². The van der Waals surface area contributed by atoms with Gasteiger partial charge in [0.2, 0.25) is 8.32 Å². The third-order valence-electron chi connectivity index (χ3n) is 4.23. The minimum Gasteiger partial charge on any atom is -0.548 e. The van der Waals surface area contributed by atoms with Crippen molar-refractivity contribution < 1.29 is 4.43 Å². The van der Waals surface area contributed by atoms with Gasteiger partial charge in [0.15, 0.2) is 0 Å². The van der Waals surface area contributed by atoms with E-state index in [1.165, 1.54) is 23.3 Å². The van der Waals surface area contributed by atoms with Crippen LogP contribution >= 0.6 is 0 Å². The molecule has 0 heterocycles. The molecule has 0 amide bonds. The first-order valence-corrected chi connectivity index (χ1v) is 12.5. The minimum atomic E-state index is -1.50. The maximum atomic E-state index is 6.21. The third kappa shape index (κ3) is 5.42. The average molecular weight is 339 g/mol. The molecule has 1 aliphatic rings. The first kappa shape index (κ1) is 18.6. The molecule has 0 N–H and O–H groups in total. The molecule has 0 spiro atoms. The molecule has 2 heteroatoms. The van der Waals surface area contributed by atoms with Crippen LogP contribution < -0.4 is 0 Å². The molecule has 1 aliphatic carbocycles. The van der Waals surface area contributed by atoms with Gasteiger partial charge in [0, 0.05) is 23.5 Å². The Morgan fingerprint density at radius 1 is 1.12 bits per heavy atom. The molecule has 0 fully saturated rings. The Bertz CT molecular complexity index is 665. The summed E-state index contributed by atoms with van der Waals surface area (Å²) in [6, 6.07) is 10.3. The summed E-state index contributed by atoms with van der Waals surface area (Å²) in [6.07, 6.45) is 6.66. The Kier molecular flexibility index (Phi) is 6.51. The first-order valence-electron chi connectivity index (χ1n) is 9.11. The van der Waals surface area contributed by atoms with Gasteiger partial charge in [0.25, 0.3) is 0 Å². The fourth-order valence-corrected chi connectivity index (χ4v) is 4.16. The zero-order valence-electron chi connectivity index (χ0n) is 15.8. The molecule has 128 valence electrons. The van der Waals surface area contributed by atoms with E-state index < -0.39 is 8.32 Å². The normalized spacial score (nSPS) is 18.4. The zero-order valence-corrected chi connectivity index (χ0v) is 16.8. The van der Waals surface area contributed by atoms with Crippen molar-refractivity contribution >= 4 is 8.32 Å². The average Bonchev–Trinajstić information content (AvgIpc) is 2.98. The predicted molar refractivity (Wildman–Crippen MR) is 106 cm³/mol. The topological polar surface area (TPSA) is 9.23 Å². The Hall–Kier alpha value is -1.72. The number of allylic oxidation sites excluding steroid dienone is 4. The van der Waals surface area contributed by atoms with Crippen LogP contribution in [0.1, 0.15) is 45.1 Å². The second-order valence-corrected chi connectivity index (χ2v) is 11.7. The lowest BCUT2D eigenvalue weighted by Crippen LogP contribution is -2.24. The van der Waals surface area contributed by atoms with Gasteiger partial charge < -0.3 is 4.43 Å². The van der Waals surface area contributed by atoms with E-state index >= 15 is 0 Å². The van der Waals surface area contributed by atoms with Crippen molar-refractivity contribution in [3.8, 4) is 11.8 Å². The van der Waals surface area contributed by atoms with Crippen LogP contribution in [-0.4, -0.2) is 8.32 Å². The Morgan fingerprint density at radius 3 is 2.42 bits per heavy atom. The summed E-state index contributed by atoms with van der Waals surface area (Å²) in [6.45, 7) is 11.2. The van der Waals surface area contributed by atoms with Crippen molar-refractivity contribution in [2.45, 2.75) is 59.2 Å². The Labute approximate surface area is 149 Å². The van der Waals surface area contributed by atoms with Gasteiger partial charge in [0.1, 0.15) is 0 Å². The standard InChI is InChI=1S/C22H30OSi/c1-6-19(14-13-18-11-9-8-10-12-18)22(7-2)20-15-16-21(17-20)23-24(3,4)5/h8-12,17,20H,6-7,15-16H2,1-5H3/b22-19-. The Morgan fingerprint density at radius 2 is 1.83 bits per heavy atom. The Balaban J connectivity index is 2.24. The molecule has 1 aromatic carbocycles. The minimum absolute atomic E-state index is 0.501. The summed E-state index contributed by atoms with van der Waals surface area (Å²) in [5.74, 6) is 8.48. The molecule has 1 atom stereocenters. The lowest BCUT2D eigenvalue weighted by molar-refractivity contribution is 0.407. The van der Waals surface area contributed by atoms with E-state index in [1.54, 1.807) is 0 Å². The van der Waals surface area contributed by atoms with Gasteiger partial charge in [0.05, 0.1) is 5.76 Å². The maximum Gasteiger partial charge on any atom is 0.241 e. The lowest BCUT2D eigenvalue weighted by Gasteiger charge is -2.19. The van der Waals surface area contributed by atoms with E-state index in [0.29, 0.717) is 5.92 Å². The molecule has 0 saturated heterocycles. The van der Waals surface area contributed by atoms with Gasteiger partial charge in [-0.3, -0.25) is 0 Å². The molecule has 1 nitrogen and oxygen atoms in total. The number of hydrogen-bond acceptors (Lipinski definition) is 1. The number of hydrogen-bond donors (Lipinski definition) is 0. The fourth-order valence-electron chi connectivity index (χ4n) is 3.21. The van der Waals surface area contributed by atoms with Crippen LogP contribution in [0.5, 0.6) is 0 Å². The largest absolute Gasteiger partial charge is 0.548 e. The molecule has 1 aromatic rings. The van der Waals surface area contributed by atoms with Crippen molar-refractivity contribution in [3.63, 3.8) is 0 Å². The van der Waals surface area contributed by atoms with E-state index in [9.17, 15) is 0 Å². The maximum absolute atomic E-state index is 6.21. The van der Waals surface area contributed by atoms with Crippen LogP contribution in [0, 0.1) is 17.8 Å². The van der Waals surface area contributed by atoms with E-state index in [4.69, 9.17) is 4.43 Å². The van der Waals surface area contributed by atoms with Crippen LogP contribution in [-0.2, 0) is 4.43 Å². The fraction of sp³-hybridized carbons (Fsp3) is 0.455. The highest BCUT2D eigenvalue weighted by atomic mass is 28.4. The summed E-state index contributed by atoms with van der Waals surface area (Å²) >= 11 is 0. The molecule has 24 heavy (non-hydrogen) atoms.